The van der Waals surface area contributed by atoms with Gasteiger partial charge in [-0.15, -0.1) is 0 Å². The molecule has 5 heteroatoms. The lowest BCUT2D eigenvalue weighted by Crippen LogP contribution is -2.30. The summed E-state index contributed by atoms with van der Waals surface area (Å²) in [5.41, 5.74) is 5.59. The first kappa shape index (κ1) is 24.0. The van der Waals surface area contributed by atoms with E-state index in [4.69, 9.17) is 0 Å². The third kappa shape index (κ3) is 3.69. The fraction of sp³-hybridized carbons (Fsp3) is 0.212. The molecule has 6 rings (SSSR count). The zero-order valence-electron chi connectivity index (χ0n) is 22.2. The molecular formula is C33H31N3O2. The topological polar surface area (TPSA) is 47.2 Å². The van der Waals surface area contributed by atoms with E-state index in [1.807, 2.05) is 79.1 Å². The van der Waals surface area contributed by atoms with Crippen LogP contribution in [0.25, 0.3) is 33.0 Å². The summed E-state index contributed by atoms with van der Waals surface area (Å²) in [6.07, 6.45) is 4.09. The van der Waals surface area contributed by atoms with Gasteiger partial charge in [0.2, 0.25) is 0 Å². The second-order valence-corrected chi connectivity index (χ2v) is 10.6. The van der Waals surface area contributed by atoms with E-state index in [0.717, 1.165) is 38.5 Å². The van der Waals surface area contributed by atoms with E-state index in [9.17, 15) is 9.59 Å². The van der Waals surface area contributed by atoms with Crippen molar-refractivity contribution in [2.75, 3.05) is 0 Å². The molecule has 0 N–H and O–H groups in total. The van der Waals surface area contributed by atoms with E-state index >= 15 is 0 Å². The van der Waals surface area contributed by atoms with Gasteiger partial charge in [-0.05, 0) is 45.4 Å². The zero-order chi connectivity index (χ0) is 26.6. The second kappa shape index (κ2) is 9.18. The smallest absolute Gasteiger partial charge is 0.262 e. The Labute approximate surface area is 222 Å². The van der Waals surface area contributed by atoms with Crippen molar-refractivity contribution in [3.63, 3.8) is 0 Å². The predicted octanol–water partition coefficient (Wildman–Crippen LogP) is 7.24. The highest BCUT2D eigenvalue weighted by atomic mass is 16.2. The zero-order valence-corrected chi connectivity index (χ0v) is 22.2. The number of aromatic nitrogens is 2. The van der Waals surface area contributed by atoms with E-state index < -0.39 is 0 Å². The molecule has 0 aliphatic carbocycles. The highest BCUT2D eigenvalue weighted by Crippen LogP contribution is 2.43. The number of para-hydroxylation sites is 2. The largest absolute Gasteiger partial charge is 0.344 e. The number of carbonyl (C=O) groups excluding carboxylic acids is 2. The van der Waals surface area contributed by atoms with Crippen molar-refractivity contribution >= 4 is 44.8 Å². The number of hydrogen-bond acceptors (Lipinski definition) is 2. The molecule has 2 amide bonds. The molecule has 1 aliphatic heterocycles. The van der Waals surface area contributed by atoms with Gasteiger partial charge in [-0.1, -0.05) is 66.7 Å². The summed E-state index contributed by atoms with van der Waals surface area (Å²) in [7, 11) is 0. The van der Waals surface area contributed by atoms with Gasteiger partial charge in [0.15, 0.2) is 0 Å². The Hall–Kier alpha value is -4.38. The van der Waals surface area contributed by atoms with Crippen LogP contribution in [0.3, 0.4) is 0 Å². The van der Waals surface area contributed by atoms with Gasteiger partial charge in [0.1, 0.15) is 0 Å². The van der Waals surface area contributed by atoms with Gasteiger partial charge in [0, 0.05) is 57.4 Å². The molecule has 1 aliphatic rings. The van der Waals surface area contributed by atoms with Gasteiger partial charge >= 0.3 is 0 Å². The number of amides is 2. The van der Waals surface area contributed by atoms with Crippen molar-refractivity contribution in [3.05, 3.63) is 108 Å². The molecule has 5 aromatic rings. The predicted molar refractivity (Wildman–Crippen MR) is 153 cm³/mol. The van der Waals surface area contributed by atoms with Crippen LogP contribution in [-0.2, 0) is 16.1 Å². The van der Waals surface area contributed by atoms with Crippen molar-refractivity contribution in [1.29, 1.82) is 0 Å². The summed E-state index contributed by atoms with van der Waals surface area (Å²) in [6, 6.07) is 26.4. The molecule has 190 valence electrons. The molecule has 0 spiro atoms. The second-order valence-electron chi connectivity index (χ2n) is 10.6. The average Bonchev–Trinajstić information content (AvgIpc) is 3.56. The van der Waals surface area contributed by atoms with Crippen LogP contribution in [0.5, 0.6) is 0 Å². The third-order valence-corrected chi connectivity index (χ3v) is 7.48. The van der Waals surface area contributed by atoms with Gasteiger partial charge in [0.05, 0.1) is 17.7 Å². The molecular weight excluding hydrogens is 470 g/mol. The Morgan fingerprint density at radius 1 is 0.579 bits per heavy atom. The monoisotopic (exact) mass is 501 g/mol. The number of nitrogens with zero attached hydrogens (tertiary/aromatic N) is 3. The van der Waals surface area contributed by atoms with E-state index in [1.54, 1.807) is 0 Å². The Morgan fingerprint density at radius 3 is 1.45 bits per heavy atom. The molecule has 0 unspecified atom stereocenters. The molecule has 3 heterocycles. The number of hydrogen-bond donors (Lipinski definition) is 0. The minimum absolute atomic E-state index is 0.202. The quantitative estimate of drug-likeness (QED) is 0.230. The minimum Gasteiger partial charge on any atom is -0.344 e. The van der Waals surface area contributed by atoms with Crippen LogP contribution in [0.1, 0.15) is 56.5 Å². The number of benzene rings is 3. The van der Waals surface area contributed by atoms with E-state index in [2.05, 4.69) is 49.0 Å². The summed E-state index contributed by atoms with van der Waals surface area (Å²) in [4.78, 5) is 29.9. The van der Waals surface area contributed by atoms with Crippen LogP contribution < -0.4 is 0 Å². The van der Waals surface area contributed by atoms with Crippen LogP contribution in [0.4, 0.5) is 0 Å². The molecule has 2 aromatic heterocycles. The average molecular weight is 502 g/mol. The van der Waals surface area contributed by atoms with Gasteiger partial charge in [-0.2, -0.15) is 0 Å². The summed E-state index contributed by atoms with van der Waals surface area (Å²) >= 11 is 0. The number of imide groups is 1. The van der Waals surface area contributed by atoms with Crippen molar-refractivity contribution < 1.29 is 9.59 Å². The maximum atomic E-state index is 14.2. The first-order chi connectivity index (χ1) is 18.4. The van der Waals surface area contributed by atoms with Crippen LogP contribution in [-0.4, -0.2) is 25.8 Å². The molecule has 0 saturated heterocycles. The lowest BCUT2D eigenvalue weighted by molar-refractivity contribution is -0.136. The summed E-state index contributed by atoms with van der Waals surface area (Å²) in [6.45, 7) is 8.75. The van der Waals surface area contributed by atoms with Crippen LogP contribution in [0, 0.1) is 0 Å². The van der Waals surface area contributed by atoms with E-state index in [-0.39, 0.29) is 30.4 Å². The molecule has 0 atom stereocenters. The standard InChI is InChI=1S/C33H31N3O2/c1-21(2)34-19-26(24-14-8-10-16-28(24)34)30-31(27-20-35(22(3)4)29-17-11-9-15-25(27)29)33(38)36(32(30)37)18-23-12-6-5-7-13-23/h5-17,19-22H,18H2,1-4H3. The molecule has 3 aromatic carbocycles. The van der Waals surface area contributed by atoms with Crippen molar-refractivity contribution in [1.82, 2.24) is 14.0 Å². The van der Waals surface area contributed by atoms with Gasteiger partial charge in [0.25, 0.3) is 11.8 Å². The van der Waals surface area contributed by atoms with Crippen molar-refractivity contribution in [2.45, 2.75) is 46.3 Å². The Kier molecular flexibility index (Phi) is 5.79. The highest BCUT2D eigenvalue weighted by molar-refractivity contribution is 6.50. The number of carbonyl (C=O) groups is 2. The fourth-order valence-electron chi connectivity index (χ4n) is 5.65. The SMILES string of the molecule is CC(C)n1cc(C2=C(c3cn(C(C)C)c4ccccc34)C(=O)N(Cc3ccccc3)C2=O)c2ccccc21. The third-order valence-electron chi connectivity index (χ3n) is 7.48. The lowest BCUT2D eigenvalue weighted by atomic mass is 9.95. The van der Waals surface area contributed by atoms with E-state index in [0.29, 0.717) is 11.1 Å². The molecule has 0 bridgehead atoms. The number of rotatable bonds is 6. The highest BCUT2D eigenvalue weighted by Gasteiger charge is 2.41. The van der Waals surface area contributed by atoms with Gasteiger partial charge in [-0.3, -0.25) is 14.5 Å². The summed E-state index contributed by atoms with van der Waals surface area (Å²) < 4.78 is 4.37. The molecule has 5 nitrogen and oxygen atoms in total. The maximum absolute atomic E-state index is 14.2. The van der Waals surface area contributed by atoms with E-state index in [1.165, 1.54) is 4.90 Å². The van der Waals surface area contributed by atoms with Crippen molar-refractivity contribution in [2.24, 2.45) is 0 Å². The Bertz CT molecular complexity index is 1630. The Balaban J connectivity index is 1.64. The Morgan fingerprint density at radius 2 is 1.00 bits per heavy atom. The van der Waals surface area contributed by atoms with Gasteiger partial charge in [-0.25, -0.2) is 0 Å². The van der Waals surface area contributed by atoms with Gasteiger partial charge < -0.3 is 9.13 Å². The van der Waals surface area contributed by atoms with Crippen LogP contribution in [0.2, 0.25) is 0 Å². The normalized spacial score (nSPS) is 14.3. The lowest BCUT2D eigenvalue weighted by Gasteiger charge is -2.15. The summed E-state index contributed by atoms with van der Waals surface area (Å²) in [5.74, 6) is -0.496. The molecule has 0 radical (unpaired) electrons. The molecule has 0 fully saturated rings. The first-order valence-electron chi connectivity index (χ1n) is 13.2. The van der Waals surface area contributed by atoms with Crippen molar-refractivity contribution in [3.8, 4) is 0 Å². The first-order valence-corrected chi connectivity index (χ1v) is 13.2. The number of fused-ring (bicyclic) bond motifs is 2. The van der Waals surface area contributed by atoms with Crippen LogP contribution >= 0.6 is 0 Å². The summed E-state index contributed by atoms with van der Waals surface area (Å²) in [5, 5.41) is 1.95. The minimum atomic E-state index is -0.248. The molecule has 0 saturated carbocycles. The maximum Gasteiger partial charge on any atom is 0.262 e. The molecule has 38 heavy (non-hydrogen) atoms. The van der Waals surface area contributed by atoms with Crippen LogP contribution in [0.15, 0.2) is 91.3 Å². The fourth-order valence-corrected chi connectivity index (χ4v) is 5.65.